The molecule has 7 nitrogen and oxygen atoms in total. The molecular weight excluding hydrogens is 699 g/mol. The summed E-state index contributed by atoms with van der Waals surface area (Å²) in [7, 11) is 8.40. The molecule has 294 valence electrons. The molecule has 5 aromatic carbocycles. The zero-order chi connectivity index (χ0) is 39.4. The van der Waals surface area contributed by atoms with Gasteiger partial charge in [0.15, 0.2) is 0 Å². The first kappa shape index (κ1) is 39.9. The number of quaternary nitrogens is 1. The highest BCUT2D eigenvalue weighted by molar-refractivity contribution is 5.89. The minimum absolute atomic E-state index is 0.0224. The van der Waals surface area contributed by atoms with Crippen molar-refractivity contribution in [3.8, 4) is 28.0 Å². The molecule has 7 heteroatoms. The van der Waals surface area contributed by atoms with E-state index in [-0.39, 0.29) is 18.4 Å². The number of hydrogen-bond acceptors (Lipinski definition) is 6. The number of ether oxygens (including phenoxy) is 5. The largest absolute Gasteiger partial charge is 0.491 e. The van der Waals surface area contributed by atoms with Crippen molar-refractivity contribution in [3.05, 3.63) is 146 Å². The summed E-state index contributed by atoms with van der Waals surface area (Å²) < 4.78 is 29.2. The average molecular weight is 757 g/mol. The highest BCUT2D eigenvalue weighted by Crippen LogP contribution is 2.56. The molecule has 0 spiro atoms. The highest BCUT2D eigenvalue weighted by atomic mass is 16.5. The molecule has 2 aliphatic rings. The van der Waals surface area contributed by atoms with Crippen molar-refractivity contribution in [3.63, 3.8) is 0 Å². The Hall–Kier alpha value is -4.34. The van der Waals surface area contributed by atoms with Crippen LogP contribution in [-0.2, 0) is 32.1 Å². The maximum atomic E-state index is 9.04. The fourth-order valence-corrected chi connectivity index (χ4v) is 8.52. The minimum atomic E-state index is 0.0224. The van der Waals surface area contributed by atoms with Gasteiger partial charge in [-0.25, -0.2) is 0 Å². The van der Waals surface area contributed by atoms with Gasteiger partial charge in [-0.3, -0.25) is 0 Å². The molecule has 2 aliphatic carbocycles. The third-order valence-electron chi connectivity index (χ3n) is 11.0. The molecule has 56 heavy (non-hydrogen) atoms. The van der Waals surface area contributed by atoms with Crippen LogP contribution >= 0.6 is 0 Å². The van der Waals surface area contributed by atoms with Crippen LogP contribution in [0.15, 0.2) is 84.9 Å². The number of nitrogens with zero attached hydrogens (tertiary/aromatic N) is 1. The summed E-state index contributed by atoms with van der Waals surface area (Å²) >= 11 is 0. The van der Waals surface area contributed by atoms with E-state index in [1.54, 1.807) is 7.11 Å². The van der Waals surface area contributed by atoms with E-state index in [4.69, 9.17) is 28.8 Å². The van der Waals surface area contributed by atoms with Crippen LogP contribution in [0.2, 0.25) is 0 Å². The zero-order valence-corrected chi connectivity index (χ0v) is 34.2. The van der Waals surface area contributed by atoms with Crippen LogP contribution in [0.4, 0.5) is 0 Å². The molecule has 7 rings (SSSR count). The summed E-state index contributed by atoms with van der Waals surface area (Å²) in [5.74, 6) is 1.12. The van der Waals surface area contributed by atoms with Crippen molar-refractivity contribution < 1.29 is 33.3 Å². The first-order chi connectivity index (χ1) is 27.1. The van der Waals surface area contributed by atoms with Crippen molar-refractivity contribution in [2.24, 2.45) is 0 Å². The van der Waals surface area contributed by atoms with Crippen molar-refractivity contribution in [1.82, 2.24) is 0 Å². The topological polar surface area (TPSA) is 66.4 Å². The van der Waals surface area contributed by atoms with Crippen LogP contribution in [0, 0.1) is 20.8 Å². The number of aryl methyl sites for hydroxylation is 3. The van der Waals surface area contributed by atoms with Gasteiger partial charge in [-0.2, -0.15) is 0 Å². The third-order valence-corrected chi connectivity index (χ3v) is 11.0. The van der Waals surface area contributed by atoms with E-state index in [0.29, 0.717) is 52.9 Å². The van der Waals surface area contributed by atoms with E-state index in [2.05, 4.69) is 127 Å². The minimum Gasteiger partial charge on any atom is -0.491 e. The second-order valence-corrected chi connectivity index (χ2v) is 16.4. The highest BCUT2D eigenvalue weighted by Gasteiger charge is 2.37. The Kier molecular flexibility index (Phi) is 12.4. The Balaban J connectivity index is 1.26. The molecule has 1 N–H and O–H groups in total. The van der Waals surface area contributed by atoms with Gasteiger partial charge in [0.2, 0.25) is 0 Å². The fourth-order valence-electron chi connectivity index (χ4n) is 8.52. The van der Waals surface area contributed by atoms with Crippen molar-refractivity contribution in [2.45, 2.75) is 45.8 Å². The molecule has 0 aromatic heterocycles. The molecular formula is C49H58NO6+. The molecule has 0 radical (unpaired) electrons. The Morgan fingerprint density at radius 3 is 1.70 bits per heavy atom. The number of aliphatic hydroxyl groups excluding tert-OH is 1. The smallest absolute Gasteiger partial charge is 0.122 e. The van der Waals surface area contributed by atoms with Crippen molar-refractivity contribution in [1.29, 1.82) is 0 Å². The molecule has 5 aromatic rings. The predicted octanol–water partition coefficient (Wildman–Crippen LogP) is 8.71. The van der Waals surface area contributed by atoms with Gasteiger partial charge in [-0.05, 0) is 112 Å². The predicted molar refractivity (Wildman–Crippen MR) is 224 cm³/mol. The number of fused-ring (bicyclic) bond motifs is 6. The first-order valence-electron chi connectivity index (χ1n) is 19.9. The molecule has 0 amide bonds. The monoisotopic (exact) mass is 756 g/mol. The van der Waals surface area contributed by atoms with Crippen LogP contribution in [-0.4, -0.2) is 90.7 Å². The Morgan fingerprint density at radius 2 is 1.09 bits per heavy atom. The van der Waals surface area contributed by atoms with Crippen molar-refractivity contribution >= 4 is 0 Å². The average Bonchev–Trinajstić information content (AvgIpc) is 3.64. The van der Waals surface area contributed by atoms with Gasteiger partial charge in [-0.15, -0.1) is 0 Å². The normalized spacial score (nSPS) is 15.4. The SMILES string of the molecule is COCCOCCOc1ccc(C2c3cc(C)ccc3-c3cc4c(cc32)-c2ccc(C)cc2C4c2ccc(COCCOCCO)c(C[N+](C)(C)C)c2)cc1C. The Bertz CT molecular complexity index is 2170. The molecule has 0 saturated heterocycles. The molecule has 0 aliphatic heterocycles. The van der Waals surface area contributed by atoms with Gasteiger partial charge in [0.05, 0.1) is 74.0 Å². The van der Waals surface area contributed by atoms with Gasteiger partial charge >= 0.3 is 0 Å². The summed E-state index contributed by atoms with van der Waals surface area (Å²) in [6.07, 6.45) is 0. The van der Waals surface area contributed by atoms with Gasteiger partial charge in [0, 0.05) is 24.5 Å². The molecule has 0 bridgehead atoms. The lowest BCUT2D eigenvalue weighted by Crippen LogP contribution is -2.33. The number of benzene rings is 5. The first-order valence-corrected chi connectivity index (χ1v) is 19.9. The van der Waals surface area contributed by atoms with E-state index >= 15 is 0 Å². The van der Waals surface area contributed by atoms with E-state index in [9.17, 15) is 0 Å². The summed E-state index contributed by atoms with van der Waals surface area (Å²) in [5.41, 5.74) is 19.5. The number of aliphatic hydroxyl groups is 1. The third kappa shape index (κ3) is 8.64. The van der Waals surface area contributed by atoms with Crippen LogP contribution in [0.3, 0.4) is 0 Å². The fraction of sp³-hybridized carbons (Fsp3) is 0.388. The Labute approximate surface area is 333 Å². The van der Waals surface area contributed by atoms with Crippen LogP contribution < -0.4 is 4.74 Å². The summed E-state index contributed by atoms with van der Waals surface area (Å²) in [5, 5.41) is 9.04. The van der Waals surface area contributed by atoms with Gasteiger partial charge in [0.25, 0.3) is 0 Å². The molecule has 0 fully saturated rings. The van der Waals surface area contributed by atoms with E-state index in [1.807, 2.05) is 0 Å². The van der Waals surface area contributed by atoms with Gasteiger partial charge < -0.3 is 33.3 Å². The number of hydrogen-bond donors (Lipinski definition) is 1. The lowest BCUT2D eigenvalue weighted by atomic mass is 9.84. The lowest BCUT2D eigenvalue weighted by molar-refractivity contribution is -0.884. The van der Waals surface area contributed by atoms with Crippen LogP contribution in [0.25, 0.3) is 22.3 Å². The number of methoxy groups -OCH3 is 1. The maximum absolute atomic E-state index is 9.04. The standard InChI is InChI=1S/C49H58NO6/c1-32-8-13-39-41-29-46-42(28-45(41)48(43(39)24-32)35-12-15-47(34(3)26-35)56-23-22-54-19-18-52-7)40-14-9-33(2)25-44(40)49(46)36-10-11-37(31-55-21-20-53-17-16-51)38(27-36)30-50(4,5)6/h8-15,24-29,48-49,51H,16-23,30-31H2,1-7H3/q+1. The number of rotatable bonds is 18. The van der Waals surface area contributed by atoms with Crippen LogP contribution in [0.5, 0.6) is 5.75 Å². The van der Waals surface area contributed by atoms with Gasteiger partial charge in [0.1, 0.15) is 18.9 Å². The summed E-state index contributed by atoms with van der Waals surface area (Å²) in [4.78, 5) is 0. The lowest BCUT2D eigenvalue weighted by Gasteiger charge is -2.26. The molecule has 0 heterocycles. The van der Waals surface area contributed by atoms with Crippen molar-refractivity contribution in [2.75, 3.05) is 81.1 Å². The molecule has 2 atom stereocenters. The van der Waals surface area contributed by atoms with E-state index < -0.39 is 0 Å². The Morgan fingerprint density at radius 1 is 0.536 bits per heavy atom. The van der Waals surface area contributed by atoms with E-state index in [1.165, 1.54) is 77.9 Å². The van der Waals surface area contributed by atoms with Gasteiger partial charge in [-0.1, -0.05) is 71.8 Å². The quantitative estimate of drug-likeness (QED) is 0.0699. The second kappa shape index (κ2) is 17.4. The zero-order valence-electron chi connectivity index (χ0n) is 34.2. The summed E-state index contributed by atoms with van der Waals surface area (Å²) in [6.45, 7) is 11.4. The summed E-state index contributed by atoms with van der Waals surface area (Å²) in [6, 6.07) is 32.7. The maximum Gasteiger partial charge on any atom is 0.122 e. The second-order valence-electron chi connectivity index (χ2n) is 16.4. The van der Waals surface area contributed by atoms with E-state index in [0.717, 1.165) is 22.3 Å². The molecule has 0 saturated carbocycles. The molecule has 2 unspecified atom stereocenters. The van der Waals surface area contributed by atoms with Crippen LogP contribution in [0.1, 0.15) is 73.0 Å².